The van der Waals surface area contributed by atoms with Gasteiger partial charge in [0.25, 0.3) is 5.69 Å². The molecule has 0 saturated heterocycles. The van der Waals surface area contributed by atoms with Gasteiger partial charge in [-0.1, -0.05) is 72.3 Å². The fourth-order valence-corrected chi connectivity index (χ4v) is 4.76. The maximum atomic E-state index is 10.8. The Hall–Kier alpha value is -7.75. The van der Waals surface area contributed by atoms with Crippen LogP contribution >= 0.6 is 0 Å². The van der Waals surface area contributed by atoms with Crippen molar-refractivity contribution in [2.24, 2.45) is 5.92 Å². The van der Waals surface area contributed by atoms with Gasteiger partial charge in [-0.15, -0.1) is 0 Å². The topological polar surface area (TPSA) is 235 Å². The number of hydrogen-bond donors (Lipinski definition) is 3. The van der Waals surface area contributed by atoms with Gasteiger partial charge < -0.3 is 39.0 Å². The van der Waals surface area contributed by atoms with Crippen molar-refractivity contribution >= 4 is 41.6 Å². The summed E-state index contributed by atoms with van der Waals surface area (Å²) >= 11 is 0. The van der Waals surface area contributed by atoms with E-state index in [2.05, 4.69) is 9.47 Å². The number of carboxylic acids is 3. The van der Waals surface area contributed by atoms with Crippen LogP contribution in [-0.4, -0.2) is 85.6 Å². The number of nitrogens with zero attached hydrogens (tertiary/aromatic N) is 1. The molecule has 62 heavy (non-hydrogen) atoms. The molecule has 0 saturated carbocycles. The highest BCUT2D eigenvalue weighted by Crippen LogP contribution is 2.38. The molecule has 1 unspecified atom stereocenters. The molecule has 5 rings (SSSR count). The first-order valence-corrected chi connectivity index (χ1v) is 18.4. The number of carboxylic acid groups (broad SMARTS) is 3. The SMILES string of the molecule is CC1=CCC(C(=O)O)C=C1.COC(=O)C=Cc1ccccc1.COC(=O)Cc1ccc([N+](=O)[O-])cc1.COc1cc(C(=O)O)cc(OC)c1OC.Cc1ccc(C(=O)O)cc1C. The molecule has 16 nitrogen and oxygen atoms in total. The Bertz CT molecular complexity index is 2180. The van der Waals surface area contributed by atoms with E-state index in [4.69, 9.17) is 29.5 Å². The van der Waals surface area contributed by atoms with Gasteiger partial charge in [-0.05, 0) is 79.8 Å². The smallest absolute Gasteiger partial charge is 0.335 e. The van der Waals surface area contributed by atoms with Crippen LogP contribution in [0.5, 0.6) is 17.2 Å². The van der Waals surface area contributed by atoms with E-state index in [1.54, 1.807) is 24.3 Å². The van der Waals surface area contributed by atoms with Gasteiger partial charge in [0.15, 0.2) is 11.5 Å². The van der Waals surface area contributed by atoms with Crippen LogP contribution in [-0.2, 0) is 30.3 Å². The Morgan fingerprint density at radius 2 is 1.31 bits per heavy atom. The molecule has 0 fully saturated rings. The van der Waals surface area contributed by atoms with Crippen molar-refractivity contribution in [2.75, 3.05) is 35.5 Å². The number of aryl methyl sites for hydroxylation is 2. The van der Waals surface area contributed by atoms with Gasteiger partial charge in [-0.3, -0.25) is 19.7 Å². The van der Waals surface area contributed by atoms with Crippen LogP contribution in [0.15, 0.2) is 115 Å². The zero-order valence-electron chi connectivity index (χ0n) is 35.6. The minimum absolute atomic E-state index is 0.0126. The number of nitro groups is 1. The van der Waals surface area contributed by atoms with Gasteiger partial charge in [-0.25, -0.2) is 14.4 Å². The third-order valence-corrected chi connectivity index (χ3v) is 8.40. The van der Waals surface area contributed by atoms with E-state index in [0.29, 0.717) is 34.8 Å². The molecule has 16 heteroatoms. The number of carbonyl (C=O) groups excluding carboxylic acids is 2. The maximum Gasteiger partial charge on any atom is 0.335 e. The highest BCUT2D eigenvalue weighted by Gasteiger charge is 2.16. The maximum absolute atomic E-state index is 10.8. The summed E-state index contributed by atoms with van der Waals surface area (Å²) in [6.45, 7) is 5.83. The van der Waals surface area contributed by atoms with Gasteiger partial charge in [-0.2, -0.15) is 0 Å². The van der Waals surface area contributed by atoms with Gasteiger partial charge in [0.1, 0.15) is 0 Å². The standard InChI is InChI=1S/C10H12O5.C10H10O2.C9H9NO4.C9H10O2.C8H10O2/c1-13-7-4-6(10(11)12)5-8(14-2)9(7)15-3;1-12-10(11)8-7-9-5-3-2-4-6-9;1-14-9(11)6-7-2-4-8(5-3-7)10(12)13;1-6-3-4-8(9(10)11)5-7(6)2;1-6-2-4-7(5-3-6)8(9)10/h4-5H,1-3H3,(H,11,12);2-8H,1H3;2-5H,6H2,1H3;3-5H,1-2H3,(H,10,11);2-4,7H,5H2,1H3,(H,9,10). The normalized spacial score (nSPS) is 12.0. The summed E-state index contributed by atoms with van der Waals surface area (Å²) in [5.41, 5.74) is 5.43. The molecular weight excluding hydrogens is 806 g/mol. The fraction of sp³-hybridized carbons (Fsp3) is 0.239. The van der Waals surface area contributed by atoms with E-state index in [1.165, 1.54) is 78.0 Å². The van der Waals surface area contributed by atoms with Crippen molar-refractivity contribution in [3.8, 4) is 17.2 Å². The first-order chi connectivity index (χ1) is 29.4. The van der Waals surface area contributed by atoms with Gasteiger partial charge >= 0.3 is 29.8 Å². The third-order valence-electron chi connectivity index (χ3n) is 8.40. The summed E-state index contributed by atoms with van der Waals surface area (Å²) in [6, 6.07) is 23.2. The lowest BCUT2D eigenvalue weighted by Gasteiger charge is -2.12. The molecule has 0 aromatic heterocycles. The predicted molar refractivity (Wildman–Crippen MR) is 231 cm³/mol. The average Bonchev–Trinajstić information content (AvgIpc) is 3.27. The Morgan fingerprint density at radius 1 is 0.726 bits per heavy atom. The predicted octanol–water partition coefficient (Wildman–Crippen LogP) is 8.19. The van der Waals surface area contributed by atoms with E-state index >= 15 is 0 Å². The minimum Gasteiger partial charge on any atom is -0.493 e. The second kappa shape index (κ2) is 27.8. The van der Waals surface area contributed by atoms with Crippen molar-refractivity contribution in [2.45, 2.75) is 33.6 Å². The minimum atomic E-state index is -1.05. The van der Waals surface area contributed by atoms with Crippen LogP contribution in [0.25, 0.3) is 6.08 Å². The molecule has 4 aromatic carbocycles. The number of benzene rings is 4. The van der Waals surface area contributed by atoms with E-state index in [0.717, 1.165) is 22.3 Å². The number of ether oxygens (including phenoxy) is 5. The highest BCUT2D eigenvalue weighted by atomic mass is 16.6. The number of esters is 2. The van der Waals surface area contributed by atoms with Crippen molar-refractivity contribution in [1.29, 1.82) is 0 Å². The Balaban J connectivity index is 0.000000390. The van der Waals surface area contributed by atoms with Crippen molar-refractivity contribution in [3.05, 3.63) is 158 Å². The lowest BCUT2D eigenvalue weighted by Crippen LogP contribution is -2.11. The number of rotatable bonds is 11. The Labute approximate surface area is 359 Å². The summed E-state index contributed by atoms with van der Waals surface area (Å²) in [5.74, 6) is -2.61. The zero-order valence-corrected chi connectivity index (χ0v) is 35.6. The van der Waals surface area contributed by atoms with E-state index in [9.17, 15) is 34.1 Å². The van der Waals surface area contributed by atoms with E-state index < -0.39 is 22.8 Å². The number of methoxy groups -OCH3 is 5. The molecule has 0 bridgehead atoms. The first kappa shape index (κ1) is 52.3. The molecule has 1 aliphatic carbocycles. The average molecular weight is 858 g/mol. The van der Waals surface area contributed by atoms with Crippen molar-refractivity contribution in [3.63, 3.8) is 0 Å². The summed E-state index contributed by atoms with van der Waals surface area (Å²) in [4.78, 5) is 63.0. The summed E-state index contributed by atoms with van der Waals surface area (Å²) in [6.07, 6.45) is 9.41. The van der Waals surface area contributed by atoms with Crippen molar-refractivity contribution < 1.29 is 67.9 Å². The molecule has 0 aliphatic heterocycles. The third kappa shape index (κ3) is 19.3. The van der Waals surface area contributed by atoms with Gasteiger partial charge in [0, 0.05) is 18.2 Å². The van der Waals surface area contributed by atoms with Gasteiger partial charge in [0.2, 0.25) is 5.75 Å². The zero-order chi connectivity index (χ0) is 46.8. The van der Waals surface area contributed by atoms with Crippen LogP contribution < -0.4 is 14.2 Å². The molecule has 0 amide bonds. The number of hydrogen-bond acceptors (Lipinski definition) is 12. The molecule has 330 valence electrons. The fourth-order valence-electron chi connectivity index (χ4n) is 4.76. The summed E-state index contributed by atoms with van der Waals surface area (Å²) in [7, 11) is 6.98. The lowest BCUT2D eigenvalue weighted by molar-refractivity contribution is -0.384. The van der Waals surface area contributed by atoms with E-state index in [1.807, 2.05) is 69.3 Å². The van der Waals surface area contributed by atoms with Crippen molar-refractivity contribution in [1.82, 2.24) is 0 Å². The number of nitro benzene ring substituents is 1. The molecule has 3 N–H and O–H groups in total. The molecule has 1 aliphatic rings. The van der Waals surface area contributed by atoms with Crippen LogP contribution in [0.4, 0.5) is 5.69 Å². The lowest BCUT2D eigenvalue weighted by atomic mass is 9.98. The first-order valence-electron chi connectivity index (χ1n) is 18.4. The molecule has 0 spiro atoms. The molecule has 0 heterocycles. The number of aliphatic carboxylic acids is 1. The van der Waals surface area contributed by atoms with Crippen LogP contribution in [0.3, 0.4) is 0 Å². The number of carbonyl (C=O) groups is 5. The van der Waals surface area contributed by atoms with Crippen LogP contribution in [0.2, 0.25) is 0 Å². The monoisotopic (exact) mass is 857 g/mol. The number of allylic oxidation sites excluding steroid dienone is 3. The second-order valence-corrected chi connectivity index (χ2v) is 12.8. The largest absolute Gasteiger partial charge is 0.493 e. The van der Waals surface area contributed by atoms with E-state index in [-0.39, 0.29) is 35.5 Å². The van der Waals surface area contributed by atoms with Crippen LogP contribution in [0.1, 0.15) is 56.3 Å². The molecule has 1 atom stereocenters. The van der Waals surface area contributed by atoms with Gasteiger partial charge in [0.05, 0.1) is 63.9 Å². The number of aromatic carboxylic acids is 2. The molecule has 0 radical (unpaired) electrons. The molecule has 4 aromatic rings. The highest BCUT2D eigenvalue weighted by molar-refractivity contribution is 5.89. The second-order valence-electron chi connectivity index (χ2n) is 12.8. The quantitative estimate of drug-likeness (QED) is 0.0558. The Morgan fingerprint density at radius 3 is 1.73 bits per heavy atom. The Kier molecular flexibility index (Phi) is 23.5. The molecular formula is C46H51NO15. The van der Waals surface area contributed by atoms with Crippen LogP contribution in [0, 0.1) is 29.9 Å². The summed E-state index contributed by atoms with van der Waals surface area (Å²) in [5, 5.41) is 36.3. The number of non-ortho nitro benzene ring substituents is 1. The summed E-state index contributed by atoms with van der Waals surface area (Å²) < 4.78 is 24.0.